The molecule has 0 aliphatic heterocycles. The minimum Gasteiger partial charge on any atom is -0.394 e. The van der Waals surface area contributed by atoms with Crippen LogP contribution in [0.25, 0.3) is 0 Å². The van der Waals surface area contributed by atoms with E-state index >= 15 is 0 Å². The van der Waals surface area contributed by atoms with Gasteiger partial charge in [-0.3, -0.25) is 0 Å². The van der Waals surface area contributed by atoms with Gasteiger partial charge in [0.25, 0.3) is 0 Å². The van der Waals surface area contributed by atoms with E-state index in [2.05, 4.69) is 9.78 Å². The van der Waals surface area contributed by atoms with E-state index in [9.17, 15) is 4.79 Å². The zero-order valence-corrected chi connectivity index (χ0v) is 8.15. The van der Waals surface area contributed by atoms with Gasteiger partial charge in [0.15, 0.2) is 0 Å². The minimum absolute atomic E-state index is 0.0641. The van der Waals surface area contributed by atoms with Crippen molar-refractivity contribution in [2.45, 2.75) is 20.3 Å². The maximum Gasteiger partial charge on any atom is 0.129 e. The van der Waals surface area contributed by atoms with Gasteiger partial charge in [-0.15, -0.1) is 0 Å². The molecule has 0 atom stereocenters. The Labute approximate surface area is 78.2 Å². The molecule has 0 fully saturated rings. The van der Waals surface area contributed by atoms with E-state index in [4.69, 9.17) is 10.2 Å². The monoisotopic (exact) mass is 194 g/mol. The van der Waals surface area contributed by atoms with Crippen LogP contribution in [0.4, 0.5) is 0 Å². The lowest BCUT2D eigenvalue weighted by Crippen LogP contribution is -2.03. The summed E-state index contributed by atoms with van der Waals surface area (Å²) in [7, 11) is 0. The molecular weight excluding hydrogens is 176 g/mol. The number of carbonyl (C=O) groups is 1. The maximum absolute atomic E-state index is 9.81. The van der Waals surface area contributed by atoms with E-state index in [1.165, 1.54) is 0 Å². The van der Waals surface area contributed by atoms with Crippen LogP contribution in [0.5, 0.6) is 0 Å². The van der Waals surface area contributed by atoms with Crippen LogP contribution in [0.3, 0.4) is 0 Å². The fourth-order valence-electron chi connectivity index (χ4n) is 0.192. The molecule has 0 aromatic carbocycles. The van der Waals surface area contributed by atoms with Gasteiger partial charge in [0.2, 0.25) is 0 Å². The second-order valence-electron chi connectivity index (χ2n) is 2.15. The first kappa shape index (κ1) is 15.0. The highest BCUT2D eigenvalue weighted by molar-refractivity contribution is 5.74. The van der Waals surface area contributed by atoms with Crippen LogP contribution in [-0.4, -0.2) is 42.4 Å². The lowest BCUT2D eigenvalue weighted by atomic mass is 10.4. The Kier molecular flexibility index (Phi) is 16.2. The van der Waals surface area contributed by atoms with Crippen LogP contribution in [-0.2, 0) is 14.6 Å². The van der Waals surface area contributed by atoms with Crippen LogP contribution in [0.2, 0.25) is 0 Å². The highest BCUT2D eigenvalue weighted by Crippen LogP contribution is 1.74. The summed E-state index contributed by atoms with van der Waals surface area (Å²) >= 11 is 0. The van der Waals surface area contributed by atoms with Crippen molar-refractivity contribution in [3.63, 3.8) is 0 Å². The van der Waals surface area contributed by atoms with Gasteiger partial charge in [0.1, 0.15) is 19.0 Å². The molecule has 0 heterocycles. The topological polar surface area (TPSA) is 76.0 Å². The quantitative estimate of drug-likeness (QED) is 0.351. The van der Waals surface area contributed by atoms with Gasteiger partial charge in [-0.2, -0.15) is 0 Å². The summed E-state index contributed by atoms with van der Waals surface area (Å²) in [5, 5.41) is 16.2. The van der Waals surface area contributed by atoms with E-state index in [0.717, 1.165) is 0 Å². The SMILES string of the molecule is CCC(C)=O.OCCOOCCO. The number of ketones is 1. The van der Waals surface area contributed by atoms with Crippen LogP contribution in [0, 0.1) is 0 Å². The second-order valence-corrected chi connectivity index (χ2v) is 2.15. The van der Waals surface area contributed by atoms with Crippen molar-refractivity contribution >= 4 is 5.78 Å². The van der Waals surface area contributed by atoms with Gasteiger partial charge in [-0.1, -0.05) is 6.92 Å². The Morgan fingerprint density at radius 1 is 1.15 bits per heavy atom. The van der Waals surface area contributed by atoms with Gasteiger partial charge in [-0.25, -0.2) is 9.78 Å². The predicted octanol–water partition coefficient (Wildman–Crippen LogP) is -0.0954. The molecule has 0 aliphatic carbocycles. The van der Waals surface area contributed by atoms with Crippen molar-refractivity contribution in [3.8, 4) is 0 Å². The molecule has 5 nitrogen and oxygen atoms in total. The third-order valence-electron chi connectivity index (χ3n) is 0.930. The van der Waals surface area contributed by atoms with E-state index in [1.807, 2.05) is 6.92 Å². The number of hydrogen-bond acceptors (Lipinski definition) is 5. The Morgan fingerprint density at radius 3 is 1.62 bits per heavy atom. The van der Waals surface area contributed by atoms with E-state index in [1.54, 1.807) is 6.92 Å². The largest absolute Gasteiger partial charge is 0.394 e. The zero-order chi connectivity index (χ0) is 10.5. The number of aliphatic hydroxyl groups is 2. The Balaban J connectivity index is 0. The second kappa shape index (κ2) is 14.1. The molecule has 0 amide bonds. The summed E-state index contributed by atoms with van der Waals surface area (Å²) in [5.74, 6) is 0.255. The molecule has 13 heavy (non-hydrogen) atoms. The van der Waals surface area contributed by atoms with Crippen molar-refractivity contribution in [1.82, 2.24) is 0 Å². The minimum atomic E-state index is -0.0641. The highest BCUT2D eigenvalue weighted by atomic mass is 17.2. The third-order valence-corrected chi connectivity index (χ3v) is 0.930. The molecule has 0 bridgehead atoms. The summed E-state index contributed by atoms with van der Waals surface area (Å²) in [6, 6.07) is 0. The molecule has 0 saturated carbocycles. The third kappa shape index (κ3) is 24.6. The molecule has 0 saturated heterocycles. The lowest BCUT2D eigenvalue weighted by molar-refractivity contribution is -0.300. The molecule has 2 N–H and O–H groups in total. The fraction of sp³-hybridized carbons (Fsp3) is 0.875. The van der Waals surface area contributed by atoms with E-state index in [-0.39, 0.29) is 32.2 Å². The molecule has 0 rings (SSSR count). The van der Waals surface area contributed by atoms with Crippen molar-refractivity contribution in [3.05, 3.63) is 0 Å². The number of Topliss-reactive ketones (excluding diaryl/α,β-unsaturated/α-hetero) is 1. The Bertz CT molecular complexity index is 98.7. The summed E-state index contributed by atoms with van der Waals surface area (Å²) < 4.78 is 0. The molecule has 0 aliphatic rings. The summed E-state index contributed by atoms with van der Waals surface area (Å²) in [6.45, 7) is 3.61. The summed E-state index contributed by atoms with van der Waals surface area (Å²) in [4.78, 5) is 18.4. The smallest absolute Gasteiger partial charge is 0.129 e. The lowest BCUT2D eigenvalue weighted by Gasteiger charge is -1.97. The molecule has 80 valence electrons. The highest BCUT2D eigenvalue weighted by Gasteiger charge is 1.83. The first-order valence-corrected chi connectivity index (χ1v) is 4.14. The number of hydrogen-bond donors (Lipinski definition) is 2. The van der Waals surface area contributed by atoms with Crippen LogP contribution >= 0.6 is 0 Å². The standard InChI is InChI=1S/C4H10O4.C4H8O/c5-1-3-7-8-4-2-6;1-3-4(2)5/h5-6H,1-4H2;3H2,1-2H3. The average Bonchev–Trinajstić information content (AvgIpc) is 2.14. The maximum atomic E-state index is 9.81. The van der Waals surface area contributed by atoms with E-state index in [0.29, 0.717) is 6.42 Å². The van der Waals surface area contributed by atoms with Crippen molar-refractivity contribution in [2.24, 2.45) is 0 Å². The van der Waals surface area contributed by atoms with Crippen molar-refractivity contribution in [2.75, 3.05) is 26.4 Å². The first-order chi connectivity index (χ1) is 6.18. The summed E-state index contributed by atoms with van der Waals surface area (Å²) in [6.07, 6.45) is 0.667. The Hall–Kier alpha value is -0.490. The molecule has 0 spiro atoms. The van der Waals surface area contributed by atoms with Crippen LogP contribution < -0.4 is 0 Å². The van der Waals surface area contributed by atoms with Crippen molar-refractivity contribution in [1.29, 1.82) is 0 Å². The Morgan fingerprint density at radius 2 is 1.46 bits per heavy atom. The fourth-order valence-corrected chi connectivity index (χ4v) is 0.192. The van der Waals surface area contributed by atoms with Crippen LogP contribution in [0.1, 0.15) is 20.3 Å². The van der Waals surface area contributed by atoms with Gasteiger partial charge >= 0.3 is 0 Å². The first-order valence-electron chi connectivity index (χ1n) is 4.14. The van der Waals surface area contributed by atoms with Gasteiger partial charge in [0.05, 0.1) is 13.2 Å². The summed E-state index contributed by atoms with van der Waals surface area (Å²) in [5.41, 5.74) is 0. The molecule has 5 heteroatoms. The van der Waals surface area contributed by atoms with Gasteiger partial charge < -0.3 is 15.0 Å². The number of rotatable bonds is 6. The molecule has 0 radical (unpaired) electrons. The van der Waals surface area contributed by atoms with Crippen LogP contribution in [0.15, 0.2) is 0 Å². The van der Waals surface area contributed by atoms with Gasteiger partial charge in [0, 0.05) is 6.42 Å². The molecule has 0 unspecified atom stereocenters. The van der Waals surface area contributed by atoms with Crippen molar-refractivity contribution < 1.29 is 24.8 Å². The average molecular weight is 194 g/mol. The number of aliphatic hydroxyl groups excluding tert-OH is 2. The molecule has 0 aromatic rings. The zero-order valence-electron chi connectivity index (χ0n) is 8.15. The van der Waals surface area contributed by atoms with E-state index < -0.39 is 0 Å². The molecular formula is C8H18O5. The molecule has 0 aromatic heterocycles. The number of carbonyl (C=O) groups excluding carboxylic acids is 1. The normalized spacial score (nSPS) is 8.92. The van der Waals surface area contributed by atoms with Gasteiger partial charge in [-0.05, 0) is 6.92 Å². The predicted molar refractivity (Wildman–Crippen MR) is 47.0 cm³/mol.